The average molecular weight is 521 g/mol. The molecular formula is C24H27F3N6O4. The molecule has 0 aliphatic heterocycles. The Bertz CT molecular complexity index is 1150. The molecule has 0 saturated carbocycles. The molecule has 2 rings (SSSR count). The highest BCUT2D eigenvalue weighted by Crippen LogP contribution is 2.29. The van der Waals surface area contributed by atoms with E-state index in [2.05, 4.69) is 15.4 Å². The molecule has 0 aliphatic rings. The number of nitrogens with zero attached hydrogens (tertiary/aromatic N) is 2. The highest BCUT2D eigenvalue weighted by Gasteiger charge is 2.31. The molecule has 1 atom stereocenters. The van der Waals surface area contributed by atoms with E-state index in [9.17, 15) is 28.0 Å². The second-order valence-electron chi connectivity index (χ2n) is 7.75. The zero-order valence-corrected chi connectivity index (χ0v) is 20.2. The van der Waals surface area contributed by atoms with E-state index in [1.807, 2.05) is 25.1 Å². The van der Waals surface area contributed by atoms with E-state index in [4.69, 9.17) is 16.0 Å². The van der Waals surface area contributed by atoms with E-state index in [0.29, 0.717) is 5.56 Å². The Balaban J connectivity index is 1.85. The first-order valence-electron chi connectivity index (χ1n) is 11.1. The van der Waals surface area contributed by atoms with Gasteiger partial charge in [0.15, 0.2) is 0 Å². The fraction of sp³-hybridized carbons (Fsp3) is 0.333. The number of nitrogens with two attached hydrogens (primary N) is 1. The zero-order valence-electron chi connectivity index (χ0n) is 20.2. The summed E-state index contributed by atoms with van der Waals surface area (Å²) in [7, 11) is 1.19. The smallest absolute Gasteiger partial charge is 0.496 e. The van der Waals surface area contributed by atoms with Crippen LogP contribution >= 0.6 is 0 Å². The molecule has 5 N–H and O–H groups in total. The molecule has 2 aromatic rings. The maximum Gasteiger partial charge on any atom is 0.573 e. The number of hydrazine groups is 1. The molecule has 0 radical (unpaired) electrons. The molecule has 2 aromatic carbocycles. The molecule has 198 valence electrons. The number of methoxy groups -OCH3 is 1. The number of hydrogen-bond donors (Lipinski definition) is 4. The molecule has 0 bridgehead atoms. The van der Waals surface area contributed by atoms with Crippen LogP contribution in [-0.2, 0) is 11.2 Å². The molecule has 0 saturated heterocycles. The van der Waals surface area contributed by atoms with Crippen molar-refractivity contribution in [3.05, 3.63) is 59.2 Å². The van der Waals surface area contributed by atoms with Gasteiger partial charge < -0.3 is 20.1 Å². The van der Waals surface area contributed by atoms with Gasteiger partial charge in [-0.1, -0.05) is 31.2 Å². The predicted octanol–water partition coefficient (Wildman–Crippen LogP) is 2.46. The van der Waals surface area contributed by atoms with Crippen molar-refractivity contribution >= 4 is 17.5 Å². The van der Waals surface area contributed by atoms with Crippen LogP contribution in [0.4, 0.5) is 13.2 Å². The molecule has 0 aliphatic carbocycles. The number of aryl methyl sites for hydroxylation is 1. The van der Waals surface area contributed by atoms with Crippen molar-refractivity contribution in [1.29, 1.82) is 10.7 Å². The fourth-order valence-corrected chi connectivity index (χ4v) is 3.17. The van der Waals surface area contributed by atoms with E-state index in [-0.39, 0.29) is 36.7 Å². The Morgan fingerprint density at radius 2 is 1.89 bits per heavy atom. The highest BCUT2D eigenvalue weighted by molar-refractivity contribution is 6.38. The maximum atomic E-state index is 12.4. The number of benzene rings is 2. The lowest BCUT2D eigenvalue weighted by Crippen LogP contribution is -2.45. The average Bonchev–Trinajstić information content (AvgIpc) is 2.85. The summed E-state index contributed by atoms with van der Waals surface area (Å²) in [6.45, 7) is 1.77. The monoisotopic (exact) mass is 520 g/mol. The van der Waals surface area contributed by atoms with Crippen molar-refractivity contribution < 1.29 is 32.2 Å². The third-order valence-corrected chi connectivity index (χ3v) is 5.10. The van der Waals surface area contributed by atoms with Gasteiger partial charge in [0.2, 0.25) is 0 Å². The molecule has 0 heterocycles. The van der Waals surface area contributed by atoms with E-state index >= 15 is 0 Å². The number of ether oxygens (including phenoxy) is 2. The van der Waals surface area contributed by atoms with Gasteiger partial charge in [0, 0.05) is 19.2 Å². The first-order valence-corrected chi connectivity index (χ1v) is 11.1. The van der Waals surface area contributed by atoms with Gasteiger partial charge in [-0.3, -0.25) is 20.8 Å². The van der Waals surface area contributed by atoms with Crippen LogP contribution in [-0.4, -0.2) is 55.6 Å². The minimum Gasteiger partial charge on any atom is -0.496 e. The van der Waals surface area contributed by atoms with Crippen LogP contribution in [0.5, 0.6) is 11.5 Å². The summed E-state index contributed by atoms with van der Waals surface area (Å²) in [4.78, 5) is 24.8. The second-order valence-corrected chi connectivity index (χ2v) is 7.75. The molecule has 1 unspecified atom stereocenters. The molecule has 13 heteroatoms. The summed E-state index contributed by atoms with van der Waals surface area (Å²) >= 11 is 0. The van der Waals surface area contributed by atoms with Gasteiger partial charge in [-0.2, -0.15) is 5.26 Å². The van der Waals surface area contributed by atoms with Crippen LogP contribution in [0.15, 0.2) is 42.5 Å². The molecule has 37 heavy (non-hydrogen) atoms. The minimum atomic E-state index is -4.89. The largest absolute Gasteiger partial charge is 0.573 e. The van der Waals surface area contributed by atoms with Crippen molar-refractivity contribution in [1.82, 2.24) is 15.6 Å². The lowest BCUT2D eigenvalue weighted by Gasteiger charge is -2.18. The summed E-state index contributed by atoms with van der Waals surface area (Å²) in [5.74, 6) is 3.76. The first-order chi connectivity index (χ1) is 17.5. The molecule has 2 amide bonds. The topological polar surface area (TPSA) is 154 Å². The van der Waals surface area contributed by atoms with E-state index in [1.165, 1.54) is 7.11 Å². The normalized spacial score (nSPS) is 11.8. The molecule has 0 aromatic heterocycles. The van der Waals surface area contributed by atoms with Crippen molar-refractivity contribution in [2.75, 3.05) is 26.7 Å². The van der Waals surface area contributed by atoms with Crippen molar-refractivity contribution in [3.63, 3.8) is 0 Å². The standard InChI is InChI=1S/C24H27F3N6O4/c1-3-15-4-6-16(7-5-15)20(13-28)32-23(35)19(29)14-33(30)11-10-31-22(34)18-9-8-17(12-21(18)36-2)37-24(25,26)27/h4-9,12,20,29H,3,10-11,14,30H2,1-2H3,(H,31,34)(H,32,35). The van der Waals surface area contributed by atoms with Gasteiger partial charge in [0.1, 0.15) is 23.3 Å². The summed E-state index contributed by atoms with van der Waals surface area (Å²) in [6.07, 6.45) is -4.06. The van der Waals surface area contributed by atoms with Gasteiger partial charge in [0.05, 0.1) is 25.3 Å². The number of carbonyl (C=O) groups excluding carboxylic acids is 2. The summed E-state index contributed by atoms with van der Waals surface area (Å²) in [5, 5.41) is 23.5. The third kappa shape index (κ3) is 9.10. The van der Waals surface area contributed by atoms with Crippen LogP contribution in [0.3, 0.4) is 0 Å². The minimum absolute atomic E-state index is 0.00120. The highest BCUT2D eigenvalue weighted by atomic mass is 19.4. The van der Waals surface area contributed by atoms with Crippen LogP contribution in [0, 0.1) is 16.7 Å². The summed E-state index contributed by atoms with van der Waals surface area (Å²) in [6, 6.07) is 11.3. The number of nitriles is 1. The lowest BCUT2D eigenvalue weighted by atomic mass is 10.0. The van der Waals surface area contributed by atoms with Crippen LogP contribution in [0.25, 0.3) is 0 Å². The van der Waals surface area contributed by atoms with Gasteiger partial charge in [-0.15, -0.1) is 13.2 Å². The Kier molecular flexibility index (Phi) is 10.4. The van der Waals surface area contributed by atoms with Crippen LogP contribution in [0.2, 0.25) is 0 Å². The summed E-state index contributed by atoms with van der Waals surface area (Å²) in [5.41, 5.74) is 1.25. The number of amides is 2. The Morgan fingerprint density at radius 1 is 1.22 bits per heavy atom. The zero-order chi connectivity index (χ0) is 27.6. The third-order valence-electron chi connectivity index (χ3n) is 5.10. The van der Waals surface area contributed by atoms with Gasteiger partial charge in [0.25, 0.3) is 11.8 Å². The molecule has 10 nitrogen and oxygen atoms in total. The van der Waals surface area contributed by atoms with Gasteiger partial charge in [-0.05, 0) is 29.7 Å². The SMILES string of the molecule is CCc1ccc(C(C#N)NC(=O)C(=N)CN(N)CCNC(=O)c2ccc(OC(F)(F)F)cc2OC)cc1. The quantitative estimate of drug-likeness (QED) is 0.190. The number of rotatable bonds is 12. The maximum absolute atomic E-state index is 12.4. The number of hydrogen-bond acceptors (Lipinski definition) is 8. The Morgan fingerprint density at radius 3 is 2.46 bits per heavy atom. The Labute approximate surface area is 211 Å². The first kappa shape index (κ1) is 29.1. The van der Waals surface area contributed by atoms with Crippen LogP contribution < -0.4 is 25.9 Å². The molecular weight excluding hydrogens is 493 g/mol. The van der Waals surface area contributed by atoms with Crippen molar-refractivity contribution in [2.24, 2.45) is 5.84 Å². The van der Waals surface area contributed by atoms with Gasteiger partial charge in [-0.25, -0.2) is 5.01 Å². The number of nitrogens with one attached hydrogen (secondary N) is 3. The van der Waals surface area contributed by atoms with E-state index in [1.54, 1.807) is 12.1 Å². The van der Waals surface area contributed by atoms with E-state index < -0.39 is 30.0 Å². The summed E-state index contributed by atoms with van der Waals surface area (Å²) < 4.78 is 45.9. The predicted molar refractivity (Wildman–Crippen MR) is 128 cm³/mol. The lowest BCUT2D eigenvalue weighted by molar-refractivity contribution is -0.274. The van der Waals surface area contributed by atoms with Gasteiger partial charge >= 0.3 is 6.36 Å². The number of carbonyl (C=O) groups is 2. The van der Waals surface area contributed by atoms with E-state index in [0.717, 1.165) is 35.2 Å². The van der Waals surface area contributed by atoms with Crippen molar-refractivity contribution in [3.8, 4) is 17.6 Å². The molecule has 0 spiro atoms. The number of halogens is 3. The molecule has 0 fully saturated rings. The van der Waals surface area contributed by atoms with Crippen molar-refractivity contribution in [2.45, 2.75) is 25.7 Å². The van der Waals surface area contributed by atoms with Crippen LogP contribution in [0.1, 0.15) is 34.5 Å². The number of alkyl halides is 3. The fourth-order valence-electron chi connectivity index (χ4n) is 3.17. The second kappa shape index (κ2) is 13.2. The Hall–Kier alpha value is -4.15.